The monoisotopic (exact) mass is 713 g/mol. The van der Waals surface area contributed by atoms with Crippen molar-refractivity contribution in [1.29, 1.82) is 0 Å². The van der Waals surface area contributed by atoms with Crippen molar-refractivity contribution in [3.63, 3.8) is 0 Å². The number of anilines is 1. The minimum Gasteiger partial charge on any atom is -0.465 e. The molecule has 0 saturated heterocycles. The number of esters is 1. The fourth-order valence-corrected chi connectivity index (χ4v) is 4.16. The zero-order chi connectivity index (χ0) is 34.7. The molecule has 0 fully saturated rings. The number of ether oxygens (including phenoxy) is 1. The molecule has 23 heteroatoms. The maximum Gasteiger partial charge on any atom is 0.393 e. The van der Waals surface area contributed by atoms with Crippen LogP contribution in [-0.2, 0) is 9.53 Å². The summed E-state index contributed by atoms with van der Waals surface area (Å²) in [6, 6.07) is 3.40. The predicted molar refractivity (Wildman–Crippen MR) is 115 cm³/mol. The topological polar surface area (TPSA) is 55.4 Å². The van der Waals surface area contributed by atoms with Crippen LogP contribution in [0.2, 0.25) is 0 Å². The molecule has 0 aliphatic heterocycles. The standard InChI is InChI=1S/C21H9ClF17NO3S/c1-43-12(41)10-9(7-2-4-8(23)5-3-7)6-44-11(10)40-13(42)14(24,25)15(26,27)16(28,29)17(30,31)18(32,33)19(34,35)20(36,37)21(22,38)39/h2-6H,1H3,(H,40,42). The third-order valence-corrected chi connectivity index (χ3v) is 6.70. The van der Waals surface area contributed by atoms with Gasteiger partial charge in [0, 0.05) is 10.9 Å². The van der Waals surface area contributed by atoms with E-state index in [-0.39, 0.29) is 16.9 Å². The molecule has 0 atom stereocenters. The fourth-order valence-electron chi connectivity index (χ4n) is 3.08. The highest BCUT2D eigenvalue weighted by atomic mass is 35.5. The van der Waals surface area contributed by atoms with Crippen LogP contribution in [0.1, 0.15) is 10.4 Å². The van der Waals surface area contributed by atoms with E-state index in [1.807, 2.05) is 0 Å². The highest BCUT2D eigenvalue weighted by molar-refractivity contribution is 7.15. The van der Waals surface area contributed by atoms with Gasteiger partial charge in [0.15, 0.2) is 0 Å². The highest BCUT2D eigenvalue weighted by Crippen LogP contribution is 2.64. The normalized spacial score (nSPS) is 14.4. The summed E-state index contributed by atoms with van der Waals surface area (Å²) in [5.74, 6) is -64.2. The zero-order valence-electron chi connectivity index (χ0n) is 20.3. The van der Waals surface area contributed by atoms with E-state index in [9.17, 15) is 84.2 Å². The lowest BCUT2D eigenvalue weighted by Gasteiger charge is -2.42. The third-order valence-electron chi connectivity index (χ3n) is 5.57. The second kappa shape index (κ2) is 11.1. The molecule has 0 spiro atoms. The Kier molecular flexibility index (Phi) is 9.36. The Morgan fingerprint density at radius 1 is 0.705 bits per heavy atom. The van der Waals surface area contributed by atoms with Gasteiger partial charge in [0.25, 0.3) is 0 Å². The number of nitrogens with one attached hydrogen (secondary N) is 1. The van der Waals surface area contributed by atoms with E-state index < -0.39 is 80.7 Å². The van der Waals surface area contributed by atoms with Gasteiger partial charge in [-0.3, -0.25) is 4.79 Å². The number of benzene rings is 1. The van der Waals surface area contributed by atoms with Gasteiger partial charge in [-0.25, -0.2) is 9.18 Å². The van der Waals surface area contributed by atoms with Crippen molar-refractivity contribution in [2.24, 2.45) is 0 Å². The number of rotatable bonds is 11. The van der Waals surface area contributed by atoms with Crippen LogP contribution in [0.25, 0.3) is 11.1 Å². The van der Waals surface area contributed by atoms with Crippen LogP contribution < -0.4 is 5.32 Å². The Labute approximate surface area is 240 Å². The summed E-state index contributed by atoms with van der Waals surface area (Å²) in [4.78, 5) is 24.1. The van der Waals surface area contributed by atoms with Crippen molar-refractivity contribution in [3.8, 4) is 11.1 Å². The van der Waals surface area contributed by atoms with Crippen molar-refractivity contribution in [3.05, 3.63) is 41.0 Å². The van der Waals surface area contributed by atoms with Crippen LogP contribution in [0.3, 0.4) is 0 Å². The molecule has 0 saturated carbocycles. The number of methoxy groups -OCH3 is 1. The van der Waals surface area contributed by atoms with Crippen LogP contribution >= 0.6 is 22.9 Å². The average molecular weight is 714 g/mol. The van der Waals surface area contributed by atoms with Crippen molar-refractivity contribution in [2.45, 2.75) is 46.8 Å². The molecule has 4 nitrogen and oxygen atoms in total. The number of carbonyl (C=O) groups is 2. The van der Waals surface area contributed by atoms with Crippen molar-refractivity contribution in [1.82, 2.24) is 0 Å². The van der Waals surface area contributed by atoms with Gasteiger partial charge in [-0.05, 0) is 29.3 Å². The molecule has 0 radical (unpaired) electrons. The summed E-state index contributed by atoms with van der Waals surface area (Å²) < 4.78 is 237. The van der Waals surface area contributed by atoms with E-state index >= 15 is 0 Å². The molecule has 0 aliphatic rings. The van der Waals surface area contributed by atoms with Gasteiger partial charge in [-0.15, -0.1) is 11.3 Å². The second-order valence-electron chi connectivity index (χ2n) is 8.32. The van der Waals surface area contributed by atoms with Crippen molar-refractivity contribution < 1.29 is 89.0 Å². The molecule has 1 N–H and O–H groups in total. The van der Waals surface area contributed by atoms with Gasteiger partial charge >= 0.3 is 58.7 Å². The first-order chi connectivity index (χ1) is 19.5. The molecule has 44 heavy (non-hydrogen) atoms. The van der Waals surface area contributed by atoms with Crippen LogP contribution in [0, 0.1) is 5.82 Å². The number of carbonyl (C=O) groups excluding carboxylic acids is 2. The quantitative estimate of drug-likeness (QED) is 0.144. The summed E-state index contributed by atoms with van der Waals surface area (Å²) >= 11 is 3.43. The van der Waals surface area contributed by atoms with Gasteiger partial charge in [0.2, 0.25) is 0 Å². The minimum atomic E-state index is -8.75. The Bertz CT molecular complexity index is 1400. The van der Waals surface area contributed by atoms with E-state index in [4.69, 9.17) is 0 Å². The molecule has 0 unspecified atom stereocenters. The van der Waals surface area contributed by atoms with E-state index in [0.717, 1.165) is 35.0 Å². The van der Waals surface area contributed by atoms with Crippen LogP contribution in [-0.4, -0.2) is 65.8 Å². The van der Waals surface area contributed by atoms with Crippen molar-refractivity contribution in [2.75, 3.05) is 12.4 Å². The number of amides is 1. The molecule has 2 aromatic rings. The number of halogens is 18. The molecule has 0 aliphatic carbocycles. The molecule has 248 valence electrons. The maximum absolute atomic E-state index is 14.4. The largest absolute Gasteiger partial charge is 0.465 e. The van der Waals surface area contributed by atoms with E-state index in [0.29, 0.717) is 7.11 Å². The second-order valence-corrected chi connectivity index (χ2v) is 9.68. The first-order valence-corrected chi connectivity index (χ1v) is 11.7. The van der Waals surface area contributed by atoms with Gasteiger partial charge in [-0.1, -0.05) is 12.1 Å². The molecule has 2 rings (SSSR count). The lowest BCUT2D eigenvalue weighted by atomic mass is 9.89. The Balaban J connectivity index is 2.60. The lowest BCUT2D eigenvalue weighted by molar-refractivity contribution is -0.445. The molecular weight excluding hydrogens is 705 g/mol. The number of hydrogen-bond donors (Lipinski definition) is 1. The van der Waals surface area contributed by atoms with Gasteiger partial charge in [0.1, 0.15) is 16.4 Å². The van der Waals surface area contributed by atoms with Crippen molar-refractivity contribution >= 4 is 39.8 Å². The summed E-state index contributed by atoms with van der Waals surface area (Å²) in [6.07, 6.45) is 0. The Morgan fingerprint density at radius 3 is 1.52 bits per heavy atom. The third kappa shape index (κ3) is 5.30. The summed E-state index contributed by atoms with van der Waals surface area (Å²) in [5.41, 5.74) is -1.61. The highest BCUT2D eigenvalue weighted by Gasteiger charge is 2.95. The zero-order valence-corrected chi connectivity index (χ0v) is 21.9. The Hall–Kier alpha value is -3.04. The summed E-state index contributed by atoms with van der Waals surface area (Å²) in [5, 5.41) is -6.70. The number of thiophene rings is 1. The number of hydrogen-bond acceptors (Lipinski definition) is 4. The minimum absolute atomic E-state index is 0.0268. The first-order valence-electron chi connectivity index (χ1n) is 10.5. The first kappa shape index (κ1) is 37.1. The maximum atomic E-state index is 14.4. The van der Waals surface area contributed by atoms with Crippen LogP contribution in [0.5, 0.6) is 0 Å². The SMILES string of the molecule is COC(=O)c1c(-c2ccc(F)cc2)csc1NC(=O)C(F)(F)C(F)(F)C(F)(F)C(F)(F)C(F)(F)C(F)(F)C(F)(F)C(F)(F)Cl. The predicted octanol–water partition coefficient (Wildman–Crippen LogP) is 8.56. The van der Waals surface area contributed by atoms with E-state index in [1.165, 1.54) is 0 Å². The molecule has 1 heterocycles. The van der Waals surface area contributed by atoms with Crippen LogP contribution in [0.15, 0.2) is 29.6 Å². The average Bonchev–Trinajstić information content (AvgIpc) is 3.30. The van der Waals surface area contributed by atoms with Gasteiger partial charge in [-0.2, -0.15) is 70.2 Å². The smallest absolute Gasteiger partial charge is 0.393 e. The summed E-state index contributed by atoms with van der Waals surface area (Å²) in [6.45, 7) is 0. The lowest BCUT2D eigenvalue weighted by Crippen LogP contribution is -2.75. The van der Waals surface area contributed by atoms with Gasteiger partial charge < -0.3 is 10.1 Å². The summed E-state index contributed by atoms with van der Waals surface area (Å²) in [7, 11) is 0.630. The number of alkyl halides is 17. The van der Waals surface area contributed by atoms with E-state index in [2.05, 4.69) is 16.3 Å². The molecule has 1 aromatic heterocycles. The molecule has 1 aromatic carbocycles. The fraction of sp³-hybridized carbons (Fsp3) is 0.429. The van der Waals surface area contributed by atoms with E-state index in [1.54, 1.807) is 0 Å². The molecule has 1 amide bonds. The van der Waals surface area contributed by atoms with Gasteiger partial charge in [0.05, 0.1) is 7.11 Å². The Morgan fingerprint density at radius 2 is 1.11 bits per heavy atom. The van der Waals surface area contributed by atoms with Crippen LogP contribution in [0.4, 0.5) is 79.6 Å². The molecule has 0 bridgehead atoms. The molecular formula is C21H9ClF17NO3S.